The van der Waals surface area contributed by atoms with E-state index in [1.807, 2.05) is 5.10 Å². The SMILES string of the molecule is CC1C(=O)N(C)CCN1C(=O)c1cccc(-c2cc(C(F)(F)F)[nH]n2)c1. The van der Waals surface area contributed by atoms with Gasteiger partial charge in [-0.25, -0.2) is 0 Å². The Balaban J connectivity index is 1.86. The van der Waals surface area contributed by atoms with E-state index >= 15 is 0 Å². The van der Waals surface area contributed by atoms with Gasteiger partial charge in [0.15, 0.2) is 0 Å². The number of amides is 2. The summed E-state index contributed by atoms with van der Waals surface area (Å²) in [5.41, 5.74) is -0.184. The number of H-pyrrole nitrogens is 1. The van der Waals surface area contributed by atoms with Crippen molar-refractivity contribution in [3.63, 3.8) is 0 Å². The lowest BCUT2D eigenvalue weighted by Crippen LogP contribution is -2.56. The quantitative estimate of drug-likeness (QED) is 0.887. The molecule has 0 spiro atoms. The van der Waals surface area contributed by atoms with Crippen molar-refractivity contribution in [2.45, 2.75) is 19.1 Å². The third-order valence-electron chi connectivity index (χ3n) is 4.43. The summed E-state index contributed by atoms with van der Waals surface area (Å²) in [5, 5.41) is 5.63. The third kappa shape index (κ3) is 3.29. The zero-order valence-electron chi connectivity index (χ0n) is 14.2. The Kier molecular flexibility index (Phi) is 4.47. The van der Waals surface area contributed by atoms with Crippen LogP contribution in [0.25, 0.3) is 11.3 Å². The molecule has 0 saturated carbocycles. The predicted octanol–water partition coefficient (Wildman–Crippen LogP) is 2.40. The molecule has 9 heteroatoms. The van der Waals surface area contributed by atoms with E-state index < -0.39 is 17.9 Å². The van der Waals surface area contributed by atoms with Gasteiger partial charge in [0, 0.05) is 31.3 Å². The molecule has 1 aliphatic heterocycles. The summed E-state index contributed by atoms with van der Waals surface area (Å²) in [5.74, 6) is -0.491. The van der Waals surface area contributed by atoms with E-state index in [4.69, 9.17) is 0 Å². The van der Waals surface area contributed by atoms with Gasteiger partial charge in [0.1, 0.15) is 11.7 Å². The van der Waals surface area contributed by atoms with E-state index in [2.05, 4.69) is 5.10 Å². The third-order valence-corrected chi connectivity index (χ3v) is 4.43. The van der Waals surface area contributed by atoms with Gasteiger partial charge in [-0.3, -0.25) is 14.7 Å². The number of alkyl halides is 3. The van der Waals surface area contributed by atoms with Crippen LogP contribution in [0.2, 0.25) is 0 Å². The predicted molar refractivity (Wildman–Crippen MR) is 87.2 cm³/mol. The van der Waals surface area contributed by atoms with Crippen LogP contribution in [-0.2, 0) is 11.0 Å². The molecule has 1 saturated heterocycles. The zero-order valence-corrected chi connectivity index (χ0v) is 14.2. The van der Waals surface area contributed by atoms with Gasteiger partial charge in [0.05, 0.1) is 5.69 Å². The average molecular weight is 366 g/mol. The van der Waals surface area contributed by atoms with Gasteiger partial charge in [-0.15, -0.1) is 0 Å². The molecule has 1 atom stereocenters. The number of nitrogens with one attached hydrogen (secondary N) is 1. The van der Waals surface area contributed by atoms with E-state index in [9.17, 15) is 22.8 Å². The zero-order chi connectivity index (χ0) is 19.1. The molecule has 1 aliphatic rings. The molecule has 3 rings (SSSR count). The minimum atomic E-state index is -4.52. The van der Waals surface area contributed by atoms with Crippen LogP contribution in [-0.4, -0.2) is 58.0 Å². The molecular formula is C17H17F3N4O2. The number of nitrogens with zero attached hydrogens (tertiary/aromatic N) is 3. The number of hydrogen-bond donors (Lipinski definition) is 1. The Hall–Kier alpha value is -2.84. The number of hydrogen-bond acceptors (Lipinski definition) is 3. The molecule has 26 heavy (non-hydrogen) atoms. The molecular weight excluding hydrogens is 349 g/mol. The molecule has 6 nitrogen and oxygen atoms in total. The molecule has 0 aliphatic carbocycles. The minimum absolute atomic E-state index is 0.0921. The van der Waals surface area contributed by atoms with Crippen molar-refractivity contribution in [3.05, 3.63) is 41.6 Å². The first-order chi connectivity index (χ1) is 12.2. The Morgan fingerprint density at radius 1 is 1.27 bits per heavy atom. The second-order valence-electron chi connectivity index (χ2n) is 6.18. The highest BCUT2D eigenvalue weighted by Crippen LogP contribution is 2.30. The lowest BCUT2D eigenvalue weighted by molar-refractivity contribution is -0.141. The molecule has 0 bridgehead atoms. The molecule has 2 aromatic rings. The van der Waals surface area contributed by atoms with Gasteiger partial charge in [-0.2, -0.15) is 18.3 Å². The maximum absolute atomic E-state index is 12.8. The number of carbonyl (C=O) groups excluding carboxylic acids is 2. The van der Waals surface area contributed by atoms with Crippen LogP contribution in [0.3, 0.4) is 0 Å². The number of carbonyl (C=O) groups is 2. The average Bonchev–Trinajstić information content (AvgIpc) is 3.10. The standard InChI is InChI=1S/C17H17F3N4O2/c1-10-15(25)23(2)6-7-24(10)16(26)12-5-3-4-11(8-12)13-9-14(22-21-13)17(18,19)20/h3-5,8-10H,6-7H2,1-2H3,(H,21,22). The number of rotatable bonds is 2. The summed E-state index contributed by atoms with van der Waals surface area (Å²) in [7, 11) is 1.68. The topological polar surface area (TPSA) is 69.3 Å². The van der Waals surface area contributed by atoms with Crippen LogP contribution in [0.5, 0.6) is 0 Å². The fourth-order valence-electron chi connectivity index (χ4n) is 2.88. The van der Waals surface area contributed by atoms with Crippen LogP contribution in [0, 0.1) is 0 Å². The van der Waals surface area contributed by atoms with E-state index in [1.165, 1.54) is 11.0 Å². The summed E-state index contributed by atoms with van der Waals surface area (Å²) >= 11 is 0. The minimum Gasteiger partial charge on any atom is -0.342 e. The Morgan fingerprint density at radius 2 is 2.00 bits per heavy atom. The summed E-state index contributed by atoms with van der Waals surface area (Å²) in [4.78, 5) is 27.9. The van der Waals surface area contributed by atoms with Crippen LogP contribution in [0.15, 0.2) is 30.3 Å². The van der Waals surface area contributed by atoms with Crippen molar-refractivity contribution >= 4 is 11.8 Å². The van der Waals surface area contributed by atoms with Gasteiger partial charge in [0.2, 0.25) is 5.91 Å². The molecule has 1 N–H and O–H groups in total. The first kappa shape index (κ1) is 18.0. The molecule has 1 fully saturated rings. The Labute approximate surface area is 147 Å². The van der Waals surface area contributed by atoms with Gasteiger partial charge >= 0.3 is 6.18 Å². The van der Waals surface area contributed by atoms with Crippen molar-refractivity contribution in [1.29, 1.82) is 0 Å². The first-order valence-electron chi connectivity index (χ1n) is 7.97. The molecule has 1 aromatic carbocycles. The van der Waals surface area contributed by atoms with Gasteiger partial charge in [-0.05, 0) is 25.1 Å². The lowest BCUT2D eigenvalue weighted by Gasteiger charge is -2.37. The lowest BCUT2D eigenvalue weighted by atomic mass is 10.1. The number of likely N-dealkylation sites (N-methyl/N-ethyl adjacent to an activating group) is 1. The Bertz CT molecular complexity index is 847. The van der Waals surface area contributed by atoms with Crippen LogP contribution in [0.4, 0.5) is 13.2 Å². The smallest absolute Gasteiger partial charge is 0.342 e. The maximum atomic E-state index is 12.8. The van der Waals surface area contributed by atoms with Gasteiger partial charge < -0.3 is 9.80 Å². The number of aromatic nitrogens is 2. The van der Waals surface area contributed by atoms with Crippen molar-refractivity contribution in [1.82, 2.24) is 20.0 Å². The van der Waals surface area contributed by atoms with Crippen molar-refractivity contribution in [2.75, 3.05) is 20.1 Å². The van der Waals surface area contributed by atoms with E-state index in [-0.39, 0.29) is 17.5 Å². The highest BCUT2D eigenvalue weighted by atomic mass is 19.4. The van der Waals surface area contributed by atoms with Crippen LogP contribution in [0.1, 0.15) is 23.0 Å². The normalized spacial score (nSPS) is 18.3. The number of aromatic amines is 1. The largest absolute Gasteiger partial charge is 0.432 e. The molecule has 1 unspecified atom stereocenters. The van der Waals surface area contributed by atoms with Crippen LogP contribution < -0.4 is 0 Å². The molecule has 2 heterocycles. The second kappa shape index (κ2) is 6.47. The fraction of sp³-hybridized carbons (Fsp3) is 0.353. The van der Waals surface area contributed by atoms with Crippen molar-refractivity contribution < 1.29 is 22.8 Å². The molecule has 2 amide bonds. The van der Waals surface area contributed by atoms with Crippen molar-refractivity contribution in [3.8, 4) is 11.3 Å². The van der Waals surface area contributed by atoms with Gasteiger partial charge in [-0.1, -0.05) is 12.1 Å². The number of benzene rings is 1. The fourth-order valence-corrected chi connectivity index (χ4v) is 2.88. The van der Waals surface area contributed by atoms with E-state index in [0.29, 0.717) is 24.2 Å². The van der Waals surface area contributed by atoms with Gasteiger partial charge in [0.25, 0.3) is 5.91 Å². The van der Waals surface area contributed by atoms with E-state index in [0.717, 1.165) is 6.07 Å². The van der Waals surface area contributed by atoms with Crippen LogP contribution >= 0.6 is 0 Å². The number of halogens is 3. The summed E-state index contributed by atoms with van der Waals surface area (Å²) in [6.07, 6.45) is -4.52. The highest BCUT2D eigenvalue weighted by molar-refractivity contribution is 5.98. The number of piperazine rings is 1. The second-order valence-corrected chi connectivity index (χ2v) is 6.18. The Morgan fingerprint density at radius 3 is 2.65 bits per heavy atom. The van der Waals surface area contributed by atoms with Crippen molar-refractivity contribution in [2.24, 2.45) is 0 Å². The highest BCUT2D eigenvalue weighted by Gasteiger charge is 2.34. The summed E-state index contributed by atoms with van der Waals surface area (Å²) in [6, 6.07) is 6.50. The molecule has 138 valence electrons. The summed E-state index contributed by atoms with van der Waals surface area (Å²) in [6.45, 7) is 2.49. The van der Waals surface area contributed by atoms with E-state index in [1.54, 1.807) is 37.1 Å². The maximum Gasteiger partial charge on any atom is 0.432 e. The first-order valence-corrected chi connectivity index (χ1v) is 7.97. The molecule has 0 radical (unpaired) electrons. The summed E-state index contributed by atoms with van der Waals surface area (Å²) < 4.78 is 38.1. The molecule has 1 aromatic heterocycles. The monoisotopic (exact) mass is 366 g/mol.